The van der Waals surface area contributed by atoms with Crippen molar-refractivity contribution in [2.75, 3.05) is 4.90 Å². The lowest BCUT2D eigenvalue weighted by Gasteiger charge is -2.25. The van der Waals surface area contributed by atoms with E-state index in [4.69, 9.17) is 0 Å². The van der Waals surface area contributed by atoms with Crippen LogP contribution in [0.2, 0.25) is 0 Å². The van der Waals surface area contributed by atoms with Gasteiger partial charge < -0.3 is 14.0 Å². The Morgan fingerprint density at radius 2 is 0.735 bits per heavy atom. The van der Waals surface area contributed by atoms with Crippen molar-refractivity contribution >= 4 is 71.4 Å². The van der Waals surface area contributed by atoms with Gasteiger partial charge >= 0.3 is 0 Å². The quantitative estimate of drug-likeness (QED) is 0.185. The van der Waals surface area contributed by atoms with Gasteiger partial charge in [0.1, 0.15) is 0 Å². The molecule has 0 spiro atoms. The normalized spacial score (nSPS) is 11.7. The van der Waals surface area contributed by atoms with Crippen LogP contribution in [0.5, 0.6) is 0 Å². The molecule has 2 aromatic heterocycles. The van der Waals surface area contributed by atoms with E-state index in [0.717, 1.165) is 28.4 Å². The molecule has 8 aromatic carbocycles. The Labute approximate surface area is 284 Å². The molecule has 0 atom stereocenters. The summed E-state index contributed by atoms with van der Waals surface area (Å²) < 4.78 is 4.85. The van der Waals surface area contributed by atoms with Crippen LogP contribution in [-0.4, -0.2) is 9.13 Å². The summed E-state index contributed by atoms with van der Waals surface area (Å²) in [6.45, 7) is 0. The molecular weight excluding hydrogens is 595 g/mol. The lowest BCUT2D eigenvalue weighted by molar-refractivity contribution is 1.16. The molecule has 0 aliphatic heterocycles. The van der Waals surface area contributed by atoms with Crippen molar-refractivity contribution in [3.63, 3.8) is 0 Å². The van der Waals surface area contributed by atoms with Crippen LogP contribution in [-0.2, 0) is 0 Å². The maximum absolute atomic E-state index is 2.43. The van der Waals surface area contributed by atoms with Crippen LogP contribution in [0.25, 0.3) is 65.8 Å². The van der Waals surface area contributed by atoms with Gasteiger partial charge in [0, 0.05) is 50.0 Å². The smallest absolute Gasteiger partial charge is 0.0562 e. The second-order valence-corrected chi connectivity index (χ2v) is 12.6. The van der Waals surface area contributed by atoms with Gasteiger partial charge in [-0.1, -0.05) is 97.1 Å². The van der Waals surface area contributed by atoms with Crippen molar-refractivity contribution in [1.29, 1.82) is 0 Å². The number of aromatic nitrogens is 2. The Morgan fingerprint density at radius 3 is 1.41 bits per heavy atom. The highest BCUT2D eigenvalue weighted by Crippen LogP contribution is 2.41. The summed E-state index contributed by atoms with van der Waals surface area (Å²) in [5.74, 6) is 0. The Balaban J connectivity index is 1.23. The highest BCUT2D eigenvalue weighted by atomic mass is 15.1. The SMILES string of the molecule is c1ccc(N(c2ccccc2)c2ccc(-n3c4ccccc4c4cc5c6cc7ccccc7cc6n(-c6ccccc6)c5cc43)cc2)cc1. The third kappa shape index (κ3) is 4.37. The molecule has 3 nitrogen and oxygen atoms in total. The van der Waals surface area contributed by atoms with E-state index in [9.17, 15) is 0 Å². The predicted molar refractivity (Wildman–Crippen MR) is 207 cm³/mol. The number of hydrogen-bond acceptors (Lipinski definition) is 1. The summed E-state index contributed by atoms with van der Waals surface area (Å²) in [6.07, 6.45) is 0. The molecule has 49 heavy (non-hydrogen) atoms. The lowest BCUT2D eigenvalue weighted by atomic mass is 10.0. The fourth-order valence-electron chi connectivity index (χ4n) is 7.65. The molecule has 10 aromatic rings. The molecule has 3 heteroatoms. The van der Waals surface area contributed by atoms with Crippen LogP contribution < -0.4 is 4.90 Å². The van der Waals surface area contributed by atoms with E-state index in [1.165, 1.54) is 54.4 Å². The minimum atomic E-state index is 1.11. The minimum Gasteiger partial charge on any atom is -0.311 e. The zero-order valence-corrected chi connectivity index (χ0v) is 26.7. The summed E-state index contributed by atoms with van der Waals surface area (Å²) in [6, 6.07) is 67.9. The van der Waals surface area contributed by atoms with E-state index in [-0.39, 0.29) is 0 Å². The van der Waals surface area contributed by atoms with Gasteiger partial charge in [0.05, 0.1) is 22.1 Å². The van der Waals surface area contributed by atoms with Gasteiger partial charge in [-0.25, -0.2) is 0 Å². The van der Waals surface area contributed by atoms with Gasteiger partial charge in [-0.3, -0.25) is 0 Å². The minimum absolute atomic E-state index is 1.11. The first kappa shape index (κ1) is 27.5. The molecule has 2 heterocycles. The van der Waals surface area contributed by atoms with E-state index in [1.54, 1.807) is 0 Å². The van der Waals surface area contributed by atoms with E-state index in [1.807, 2.05) is 0 Å². The van der Waals surface area contributed by atoms with Gasteiger partial charge in [-0.2, -0.15) is 0 Å². The van der Waals surface area contributed by atoms with Crippen molar-refractivity contribution in [3.8, 4) is 11.4 Å². The lowest BCUT2D eigenvalue weighted by Crippen LogP contribution is -2.09. The molecule has 0 aliphatic carbocycles. The number of rotatable bonds is 5. The van der Waals surface area contributed by atoms with Crippen molar-refractivity contribution in [2.24, 2.45) is 0 Å². The predicted octanol–water partition coefficient (Wildman–Crippen LogP) is 12.5. The highest BCUT2D eigenvalue weighted by molar-refractivity contribution is 6.20. The molecule has 0 N–H and O–H groups in total. The maximum atomic E-state index is 2.43. The number of nitrogens with zero attached hydrogens (tertiary/aromatic N) is 3. The fraction of sp³-hybridized carbons (Fsp3) is 0. The third-order valence-electron chi connectivity index (χ3n) is 9.84. The van der Waals surface area contributed by atoms with Crippen molar-refractivity contribution in [1.82, 2.24) is 9.13 Å². The third-order valence-corrected chi connectivity index (χ3v) is 9.84. The Kier molecular flexibility index (Phi) is 6.18. The van der Waals surface area contributed by atoms with Crippen molar-refractivity contribution in [3.05, 3.63) is 188 Å². The largest absolute Gasteiger partial charge is 0.311 e. The molecule has 0 aliphatic rings. The molecule has 230 valence electrons. The number of hydrogen-bond donors (Lipinski definition) is 0. The Bertz CT molecular complexity index is 2750. The molecule has 0 saturated heterocycles. The number of anilines is 3. The molecular formula is C46H31N3. The average Bonchev–Trinajstić information content (AvgIpc) is 3.66. The molecule has 0 fully saturated rings. The molecule has 0 radical (unpaired) electrons. The van der Waals surface area contributed by atoms with Crippen LogP contribution in [0.15, 0.2) is 188 Å². The Hall–Kier alpha value is -6.58. The van der Waals surface area contributed by atoms with Crippen LogP contribution in [0.3, 0.4) is 0 Å². The van der Waals surface area contributed by atoms with Gasteiger partial charge in [-0.05, 0) is 102 Å². The molecule has 0 amide bonds. The summed E-state index contributed by atoms with van der Waals surface area (Å²) in [5, 5.41) is 7.53. The van der Waals surface area contributed by atoms with Gasteiger partial charge in [-0.15, -0.1) is 0 Å². The molecule has 10 rings (SSSR count). The first-order chi connectivity index (χ1) is 24.3. The van der Waals surface area contributed by atoms with E-state index < -0.39 is 0 Å². The molecule has 0 saturated carbocycles. The monoisotopic (exact) mass is 625 g/mol. The zero-order valence-electron chi connectivity index (χ0n) is 26.7. The zero-order chi connectivity index (χ0) is 32.3. The second-order valence-electron chi connectivity index (χ2n) is 12.6. The van der Waals surface area contributed by atoms with Gasteiger partial charge in [0.25, 0.3) is 0 Å². The summed E-state index contributed by atoms with van der Waals surface area (Å²) in [7, 11) is 0. The van der Waals surface area contributed by atoms with Gasteiger partial charge in [0.2, 0.25) is 0 Å². The van der Waals surface area contributed by atoms with E-state index in [0.29, 0.717) is 0 Å². The first-order valence-electron chi connectivity index (χ1n) is 16.8. The second kappa shape index (κ2) is 11.0. The van der Waals surface area contributed by atoms with Crippen LogP contribution in [0, 0.1) is 0 Å². The van der Waals surface area contributed by atoms with Crippen LogP contribution >= 0.6 is 0 Å². The van der Waals surface area contributed by atoms with E-state index in [2.05, 4.69) is 202 Å². The molecule has 0 bridgehead atoms. The highest BCUT2D eigenvalue weighted by Gasteiger charge is 2.19. The maximum Gasteiger partial charge on any atom is 0.0562 e. The number of fused-ring (bicyclic) bond motifs is 7. The molecule has 0 unspecified atom stereocenters. The van der Waals surface area contributed by atoms with Gasteiger partial charge in [0.15, 0.2) is 0 Å². The summed E-state index contributed by atoms with van der Waals surface area (Å²) in [5.41, 5.74) is 10.5. The van der Waals surface area contributed by atoms with Crippen molar-refractivity contribution in [2.45, 2.75) is 0 Å². The van der Waals surface area contributed by atoms with E-state index >= 15 is 0 Å². The van der Waals surface area contributed by atoms with Crippen LogP contribution in [0.1, 0.15) is 0 Å². The number of para-hydroxylation sites is 4. The summed E-state index contributed by atoms with van der Waals surface area (Å²) >= 11 is 0. The van der Waals surface area contributed by atoms with Crippen molar-refractivity contribution < 1.29 is 0 Å². The Morgan fingerprint density at radius 1 is 0.286 bits per heavy atom. The standard InChI is InChI=1S/C46H31N3/c1-4-16-34(17-5-1)47(35-18-6-2-7-19-35)37-24-26-38(27-25-37)48-43-23-13-12-22-39(43)41-30-42-40-28-32-14-10-11-15-33(32)29-44(40)49(46(42)31-45(41)48)36-20-8-3-9-21-36/h1-31H. The van der Waals surface area contributed by atoms with Crippen LogP contribution in [0.4, 0.5) is 17.1 Å². The average molecular weight is 626 g/mol. The summed E-state index contributed by atoms with van der Waals surface area (Å²) in [4.78, 5) is 2.31. The number of benzene rings is 8. The first-order valence-corrected chi connectivity index (χ1v) is 16.8. The topological polar surface area (TPSA) is 13.1 Å². The fourth-order valence-corrected chi connectivity index (χ4v) is 7.65.